The number of hydrogen-bond acceptors (Lipinski definition) is 5. The van der Waals surface area contributed by atoms with Crippen molar-refractivity contribution in [2.24, 2.45) is 0 Å². The predicted octanol–water partition coefficient (Wildman–Crippen LogP) is 7.41. The van der Waals surface area contributed by atoms with Crippen molar-refractivity contribution in [1.82, 2.24) is 14.8 Å². The minimum absolute atomic E-state index is 0.316. The molecule has 0 spiro atoms. The Balaban J connectivity index is 1.29. The lowest BCUT2D eigenvalue weighted by Gasteiger charge is -2.12. The van der Waals surface area contributed by atoms with Crippen LogP contribution in [0.3, 0.4) is 0 Å². The SMILES string of the molecule is COc1ccc(C(=O)Nc2ccc(-c3ncn(-c4ccc(OC(F)(F)F)cc4)n3)cc2)cc1-c1ccccc1Cl. The Morgan fingerprint density at radius 1 is 0.925 bits per heavy atom. The van der Waals surface area contributed by atoms with Gasteiger partial charge in [0.15, 0.2) is 5.82 Å². The number of carbonyl (C=O) groups is 1. The zero-order valence-electron chi connectivity index (χ0n) is 20.8. The highest BCUT2D eigenvalue weighted by molar-refractivity contribution is 6.33. The molecule has 0 bridgehead atoms. The van der Waals surface area contributed by atoms with Gasteiger partial charge in [-0.2, -0.15) is 0 Å². The highest BCUT2D eigenvalue weighted by Crippen LogP contribution is 2.35. The summed E-state index contributed by atoms with van der Waals surface area (Å²) < 4.78 is 47.9. The first-order chi connectivity index (χ1) is 19.2. The number of benzene rings is 4. The quantitative estimate of drug-likeness (QED) is 0.223. The summed E-state index contributed by atoms with van der Waals surface area (Å²) in [5.41, 5.74) is 3.61. The van der Waals surface area contributed by atoms with E-state index in [1.807, 2.05) is 18.2 Å². The van der Waals surface area contributed by atoms with Gasteiger partial charge >= 0.3 is 6.36 Å². The molecule has 0 radical (unpaired) electrons. The summed E-state index contributed by atoms with van der Waals surface area (Å²) >= 11 is 6.37. The molecule has 0 saturated heterocycles. The Morgan fingerprint density at radius 3 is 2.33 bits per heavy atom. The smallest absolute Gasteiger partial charge is 0.496 e. The second kappa shape index (κ2) is 11.1. The Bertz CT molecular complexity index is 1650. The highest BCUT2D eigenvalue weighted by Gasteiger charge is 2.31. The maximum absolute atomic E-state index is 13.0. The van der Waals surface area contributed by atoms with E-state index < -0.39 is 6.36 Å². The van der Waals surface area contributed by atoms with Crippen molar-refractivity contribution in [3.05, 3.63) is 108 Å². The molecule has 5 aromatic rings. The topological polar surface area (TPSA) is 78.3 Å². The zero-order valence-corrected chi connectivity index (χ0v) is 21.6. The molecule has 0 unspecified atom stereocenters. The number of alkyl halides is 3. The van der Waals surface area contributed by atoms with E-state index in [4.69, 9.17) is 16.3 Å². The maximum Gasteiger partial charge on any atom is 0.573 e. The van der Waals surface area contributed by atoms with Gasteiger partial charge in [-0.3, -0.25) is 4.79 Å². The van der Waals surface area contributed by atoms with Gasteiger partial charge in [-0.15, -0.1) is 18.3 Å². The summed E-state index contributed by atoms with van der Waals surface area (Å²) in [6, 6.07) is 24.6. The third kappa shape index (κ3) is 6.08. The lowest BCUT2D eigenvalue weighted by atomic mass is 10.0. The second-order valence-electron chi connectivity index (χ2n) is 8.48. The molecular weight excluding hydrogens is 545 g/mol. The number of carbonyl (C=O) groups excluding carboxylic acids is 1. The van der Waals surface area contributed by atoms with Crippen molar-refractivity contribution < 1.29 is 27.4 Å². The van der Waals surface area contributed by atoms with Crippen LogP contribution < -0.4 is 14.8 Å². The normalized spacial score (nSPS) is 11.2. The van der Waals surface area contributed by atoms with Gasteiger partial charge in [0.25, 0.3) is 5.91 Å². The highest BCUT2D eigenvalue weighted by atomic mass is 35.5. The van der Waals surface area contributed by atoms with E-state index in [9.17, 15) is 18.0 Å². The van der Waals surface area contributed by atoms with Gasteiger partial charge in [0.05, 0.1) is 12.8 Å². The van der Waals surface area contributed by atoms with Crippen molar-refractivity contribution in [2.45, 2.75) is 6.36 Å². The van der Waals surface area contributed by atoms with Crippen molar-refractivity contribution >= 4 is 23.2 Å². The van der Waals surface area contributed by atoms with E-state index in [-0.39, 0.29) is 11.7 Å². The molecule has 0 atom stereocenters. The third-order valence-corrected chi connectivity index (χ3v) is 6.18. The fourth-order valence-corrected chi connectivity index (χ4v) is 4.20. The molecule has 1 heterocycles. The molecule has 1 amide bonds. The number of rotatable bonds is 7. The zero-order chi connectivity index (χ0) is 28.3. The summed E-state index contributed by atoms with van der Waals surface area (Å²) in [7, 11) is 1.55. The van der Waals surface area contributed by atoms with Crippen LogP contribution in [0.25, 0.3) is 28.2 Å². The summed E-state index contributed by atoms with van der Waals surface area (Å²) in [5, 5.41) is 7.80. The number of nitrogens with one attached hydrogen (secondary N) is 1. The Labute approximate surface area is 231 Å². The fraction of sp³-hybridized carbons (Fsp3) is 0.0690. The molecule has 11 heteroatoms. The number of methoxy groups -OCH3 is 1. The van der Waals surface area contributed by atoms with Crippen molar-refractivity contribution in [3.63, 3.8) is 0 Å². The lowest BCUT2D eigenvalue weighted by molar-refractivity contribution is -0.274. The summed E-state index contributed by atoms with van der Waals surface area (Å²) in [6.07, 6.45) is -3.31. The average Bonchev–Trinajstić information content (AvgIpc) is 3.43. The molecule has 0 aliphatic heterocycles. The summed E-state index contributed by atoms with van der Waals surface area (Å²) in [4.78, 5) is 17.3. The van der Waals surface area contributed by atoms with Crippen LogP contribution in [0, 0.1) is 0 Å². The van der Waals surface area contributed by atoms with Crippen LogP contribution in [0.4, 0.5) is 18.9 Å². The molecule has 5 rings (SSSR count). The number of halogens is 4. The number of aromatic nitrogens is 3. The minimum atomic E-state index is -4.76. The van der Waals surface area contributed by atoms with E-state index in [1.165, 1.54) is 35.3 Å². The number of nitrogens with zero attached hydrogens (tertiary/aromatic N) is 3. The van der Waals surface area contributed by atoms with Crippen LogP contribution in [0.5, 0.6) is 11.5 Å². The standard InChI is InChI=1S/C29H20ClF3N4O3/c1-39-26-15-8-19(16-24(26)23-4-2-3-5-25(23)30)28(38)35-20-9-6-18(7-10-20)27-34-17-37(36-27)21-11-13-22(14-12-21)40-29(31,32)33/h2-17H,1H3,(H,35,38). The van der Waals surface area contributed by atoms with E-state index in [0.29, 0.717) is 44.7 Å². The number of amides is 1. The Morgan fingerprint density at radius 2 is 1.65 bits per heavy atom. The van der Waals surface area contributed by atoms with Gasteiger partial charge < -0.3 is 14.8 Å². The molecule has 7 nitrogen and oxygen atoms in total. The third-order valence-electron chi connectivity index (χ3n) is 5.85. The van der Waals surface area contributed by atoms with Crippen molar-refractivity contribution in [1.29, 1.82) is 0 Å². The van der Waals surface area contributed by atoms with Crippen LogP contribution in [-0.4, -0.2) is 34.1 Å². The largest absolute Gasteiger partial charge is 0.573 e. The van der Waals surface area contributed by atoms with Crippen LogP contribution in [0.2, 0.25) is 5.02 Å². The molecule has 1 N–H and O–H groups in total. The van der Waals surface area contributed by atoms with Crippen molar-refractivity contribution in [3.8, 4) is 39.7 Å². The van der Waals surface area contributed by atoms with Gasteiger partial charge in [0.2, 0.25) is 0 Å². The van der Waals surface area contributed by atoms with E-state index in [2.05, 4.69) is 20.1 Å². The van der Waals surface area contributed by atoms with Crippen LogP contribution >= 0.6 is 11.6 Å². The molecule has 0 fully saturated rings. The monoisotopic (exact) mass is 564 g/mol. The van der Waals surface area contributed by atoms with Gasteiger partial charge in [-0.05, 0) is 72.8 Å². The van der Waals surface area contributed by atoms with Gasteiger partial charge in [-0.25, -0.2) is 9.67 Å². The van der Waals surface area contributed by atoms with Gasteiger partial charge in [0, 0.05) is 33.0 Å². The molecule has 0 saturated carbocycles. The number of anilines is 1. The predicted molar refractivity (Wildman–Crippen MR) is 145 cm³/mol. The Hall–Kier alpha value is -4.83. The maximum atomic E-state index is 13.0. The van der Waals surface area contributed by atoms with Crippen LogP contribution in [0.1, 0.15) is 10.4 Å². The van der Waals surface area contributed by atoms with E-state index in [1.54, 1.807) is 55.6 Å². The van der Waals surface area contributed by atoms with E-state index in [0.717, 1.165) is 5.56 Å². The summed E-state index contributed by atoms with van der Waals surface area (Å²) in [5.74, 6) is 0.340. The van der Waals surface area contributed by atoms with E-state index >= 15 is 0 Å². The number of hydrogen-bond donors (Lipinski definition) is 1. The minimum Gasteiger partial charge on any atom is -0.496 e. The molecule has 4 aromatic carbocycles. The first-order valence-electron chi connectivity index (χ1n) is 11.8. The summed E-state index contributed by atoms with van der Waals surface area (Å²) in [6.45, 7) is 0. The first-order valence-corrected chi connectivity index (χ1v) is 12.2. The van der Waals surface area contributed by atoms with Crippen LogP contribution in [-0.2, 0) is 0 Å². The Kier molecular flexibility index (Phi) is 7.43. The van der Waals surface area contributed by atoms with Gasteiger partial charge in [0.1, 0.15) is 17.8 Å². The molecule has 0 aliphatic carbocycles. The van der Waals surface area contributed by atoms with Crippen molar-refractivity contribution in [2.75, 3.05) is 12.4 Å². The lowest BCUT2D eigenvalue weighted by Crippen LogP contribution is -2.17. The average molecular weight is 565 g/mol. The van der Waals surface area contributed by atoms with Crippen LogP contribution in [0.15, 0.2) is 97.3 Å². The molecular formula is C29H20ClF3N4O3. The molecule has 202 valence electrons. The molecule has 1 aromatic heterocycles. The number of ether oxygens (including phenoxy) is 2. The van der Waals surface area contributed by atoms with Gasteiger partial charge in [-0.1, -0.05) is 29.8 Å². The molecule has 0 aliphatic rings. The second-order valence-corrected chi connectivity index (χ2v) is 8.89. The first kappa shape index (κ1) is 26.8. The molecule has 40 heavy (non-hydrogen) atoms. The fourth-order valence-electron chi connectivity index (χ4n) is 3.97.